The average molecular weight is 339 g/mol. The molecule has 0 atom stereocenters. The van der Waals surface area contributed by atoms with Crippen molar-refractivity contribution in [3.05, 3.63) is 46.9 Å². The van der Waals surface area contributed by atoms with E-state index in [1.54, 1.807) is 23.2 Å². The third kappa shape index (κ3) is 3.07. The van der Waals surface area contributed by atoms with E-state index in [2.05, 4.69) is 33.3 Å². The molecule has 3 rings (SSSR count). The molecule has 1 heterocycles. The monoisotopic (exact) mass is 339 g/mol. The predicted octanol–water partition coefficient (Wildman–Crippen LogP) is 2.75. The molecule has 0 spiro atoms. The lowest BCUT2D eigenvalue weighted by atomic mass is 10.2. The van der Waals surface area contributed by atoms with Crippen LogP contribution in [-0.2, 0) is 14.1 Å². The molecule has 3 aromatic rings. The van der Waals surface area contributed by atoms with Gasteiger partial charge in [-0.3, -0.25) is 9.13 Å². The minimum Gasteiger partial charge on any atom is -0.378 e. The SMILES string of the molecule is CN(C)c1cc(Nc2ccc3c(c2)n(C)c(=O)n3C)cc(N(C)C)c1. The van der Waals surface area contributed by atoms with E-state index in [1.165, 1.54) is 0 Å². The molecule has 1 N–H and O–H groups in total. The van der Waals surface area contributed by atoms with Crippen molar-refractivity contribution in [2.75, 3.05) is 43.3 Å². The smallest absolute Gasteiger partial charge is 0.328 e. The van der Waals surface area contributed by atoms with Crippen LogP contribution in [0, 0.1) is 0 Å². The Morgan fingerprint density at radius 1 is 0.760 bits per heavy atom. The molecule has 0 aliphatic carbocycles. The molecule has 0 bridgehead atoms. The number of benzene rings is 2. The highest BCUT2D eigenvalue weighted by molar-refractivity contribution is 5.82. The molecule has 25 heavy (non-hydrogen) atoms. The van der Waals surface area contributed by atoms with Crippen molar-refractivity contribution in [3.63, 3.8) is 0 Å². The van der Waals surface area contributed by atoms with Crippen LogP contribution in [-0.4, -0.2) is 37.3 Å². The minimum absolute atomic E-state index is 0.0170. The summed E-state index contributed by atoms with van der Waals surface area (Å²) in [5.41, 5.74) is 6.04. The van der Waals surface area contributed by atoms with Gasteiger partial charge < -0.3 is 15.1 Å². The van der Waals surface area contributed by atoms with Crippen LogP contribution in [0.3, 0.4) is 0 Å². The van der Waals surface area contributed by atoms with E-state index < -0.39 is 0 Å². The molecule has 1 aromatic heterocycles. The van der Waals surface area contributed by atoms with Gasteiger partial charge >= 0.3 is 5.69 Å². The fraction of sp³-hybridized carbons (Fsp3) is 0.316. The molecule has 132 valence electrons. The maximum atomic E-state index is 12.1. The van der Waals surface area contributed by atoms with E-state index >= 15 is 0 Å². The zero-order valence-corrected chi connectivity index (χ0v) is 15.7. The summed E-state index contributed by atoms with van der Waals surface area (Å²) in [4.78, 5) is 16.3. The lowest BCUT2D eigenvalue weighted by molar-refractivity contribution is 0.795. The number of fused-ring (bicyclic) bond motifs is 1. The highest BCUT2D eigenvalue weighted by Crippen LogP contribution is 2.29. The van der Waals surface area contributed by atoms with Crippen LogP contribution < -0.4 is 20.8 Å². The van der Waals surface area contributed by atoms with Gasteiger partial charge in [-0.1, -0.05) is 0 Å². The quantitative estimate of drug-likeness (QED) is 0.794. The first-order valence-corrected chi connectivity index (χ1v) is 8.20. The van der Waals surface area contributed by atoms with E-state index in [9.17, 15) is 4.79 Å². The van der Waals surface area contributed by atoms with Crippen molar-refractivity contribution >= 4 is 33.8 Å². The molecule has 0 saturated heterocycles. The summed E-state index contributed by atoms with van der Waals surface area (Å²) in [7, 11) is 11.7. The van der Waals surface area contributed by atoms with Gasteiger partial charge in [-0.15, -0.1) is 0 Å². The normalized spacial score (nSPS) is 11.0. The van der Waals surface area contributed by atoms with E-state index in [-0.39, 0.29) is 5.69 Å². The summed E-state index contributed by atoms with van der Waals surface area (Å²) in [6.07, 6.45) is 0. The lowest BCUT2D eigenvalue weighted by Gasteiger charge is -2.20. The number of hydrogen-bond donors (Lipinski definition) is 1. The number of aryl methyl sites for hydroxylation is 2. The largest absolute Gasteiger partial charge is 0.378 e. The number of aromatic nitrogens is 2. The van der Waals surface area contributed by atoms with Gasteiger partial charge in [0.05, 0.1) is 11.0 Å². The zero-order chi connectivity index (χ0) is 18.3. The summed E-state index contributed by atoms with van der Waals surface area (Å²) in [5.74, 6) is 0. The molecule has 0 aliphatic heterocycles. The van der Waals surface area contributed by atoms with Crippen molar-refractivity contribution in [3.8, 4) is 0 Å². The van der Waals surface area contributed by atoms with Crippen molar-refractivity contribution in [1.82, 2.24) is 9.13 Å². The zero-order valence-electron chi connectivity index (χ0n) is 15.7. The molecule has 0 saturated carbocycles. The molecular formula is C19H25N5O. The van der Waals surface area contributed by atoms with Gasteiger partial charge in [0, 0.05) is 65.0 Å². The first kappa shape index (κ1) is 17.0. The first-order valence-electron chi connectivity index (χ1n) is 8.20. The number of anilines is 4. The highest BCUT2D eigenvalue weighted by atomic mass is 16.1. The standard InChI is InChI=1S/C19H25N5O/c1-21(2)15-9-14(10-16(12-15)22(3)4)20-13-7-8-17-18(11-13)24(6)19(25)23(17)5/h7-12,20H,1-6H3. The van der Waals surface area contributed by atoms with Gasteiger partial charge in [0.15, 0.2) is 0 Å². The molecule has 0 unspecified atom stereocenters. The summed E-state index contributed by atoms with van der Waals surface area (Å²) < 4.78 is 3.33. The van der Waals surface area contributed by atoms with Gasteiger partial charge in [0.25, 0.3) is 0 Å². The van der Waals surface area contributed by atoms with E-state index in [1.807, 2.05) is 46.4 Å². The van der Waals surface area contributed by atoms with E-state index in [0.29, 0.717) is 0 Å². The number of nitrogens with zero attached hydrogens (tertiary/aromatic N) is 4. The number of hydrogen-bond acceptors (Lipinski definition) is 4. The van der Waals surface area contributed by atoms with Crippen LogP contribution >= 0.6 is 0 Å². The van der Waals surface area contributed by atoms with Gasteiger partial charge in [0.1, 0.15) is 0 Å². The third-order valence-corrected chi connectivity index (χ3v) is 4.50. The Morgan fingerprint density at radius 3 is 1.88 bits per heavy atom. The van der Waals surface area contributed by atoms with Crippen LogP contribution in [0.25, 0.3) is 11.0 Å². The van der Waals surface area contributed by atoms with Crippen LogP contribution in [0.5, 0.6) is 0 Å². The Bertz CT molecular complexity index is 955. The van der Waals surface area contributed by atoms with Crippen molar-refractivity contribution < 1.29 is 0 Å². The second-order valence-corrected chi connectivity index (χ2v) is 6.76. The van der Waals surface area contributed by atoms with Crippen LogP contribution in [0.4, 0.5) is 22.7 Å². The summed E-state index contributed by atoms with van der Waals surface area (Å²) in [6.45, 7) is 0. The van der Waals surface area contributed by atoms with Gasteiger partial charge in [-0.05, 0) is 36.4 Å². The van der Waals surface area contributed by atoms with Crippen LogP contribution in [0.1, 0.15) is 0 Å². The number of nitrogens with one attached hydrogen (secondary N) is 1. The molecule has 0 radical (unpaired) electrons. The van der Waals surface area contributed by atoms with E-state index in [0.717, 1.165) is 33.8 Å². The average Bonchev–Trinajstić information content (AvgIpc) is 2.79. The first-order chi connectivity index (χ1) is 11.8. The van der Waals surface area contributed by atoms with Gasteiger partial charge in [-0.2, -0.15) is 0 Å². The topological polar surface area (TPSA) is 45.4 Å². The van der Waals surface area contributed by atoms with Crippen LogP contribution in [0.15, 0.2) is 41.2 Å². The lowest BCUT2D eigenvalue weighted by Crippen LogP contribution is -2.19. The Hall–Kier alpha value is -2.89. The Labute approximate surface area is 147 Å². The fourth-order valence-electron chi connectivity index (χ4n) is 2.93. The molecule has 6 heteroatoms. The Kier molecular flexibility index (Phi) is 4.20. The maximum absolute atomic E-state index is 12.1. The summed E-state index contributed by atoms with van der Waals surface area (Å²) in [6, 6.07) is 12.4. The minimum atomic E-state index is -0.0170. The molecular weight excluding hydrogens is 314 g/mol. The van der Waals surface area contributed by atoms with E-state index in [4.69, 9.17) is 0 Å². The summed E-state index contributed by atoms with van der Waals surface area (Å²) in [5, 5.41) is 3.46. The number of imidazole rings is 1. The highest BCUT2D eigenvalue weighted by Gasteiger charge is 2.09. The van der Waals surface area contributed by atoms with Crippen molar-refractivity contribution in [1.29, 1.82) is 0 Å². The fourth-order valence-corrected chi connectivity index (χ4v) is 2.93. The second kappa shape index (κ2) is 6.20. The summed E-state index contributed by atoms with van der Waals surface area (Å²) >= 11 is 0. The number of rotatable bonds is 4. The Morgan fingerprint density at radius 2 is 1.32 bits per heavy atom. The molecule has 0 fully saturated rings. The van der Waals surface area contributed by atoms with Crippen LogP contribution in [0.2, 0.25) is 0 Å². The van der Waals surface area contributed by atoms with Crippen molar-refractivity contribution in [2.45, 2.75) is 0 Å². The maximum Gasteiger partial charge on any atom is 0.328 e. The van der Waals surface area contributed by atoms with Gasteiger partial charge in [-0.25, -0.2) is 4.79 Å². The molecule has 2 aromatic carbocycles. The molecule has 0 aliphatic rings. The molecule has 0 amide bonds. The van der Waals surface area contributed by atoms with Gasteiger partial charge in [0.2, 0.25) is 0 Å². The predicted molar refractivity (Wildman–Crippen MR) is 107 cm³/mol. The second-order valence-electron chi connectivity index (χ2n) is 6.76. The van der Waals surface area contributed by atoms with Crippen molar-refractivity contribution in [2.24, 2.45) is 14.1 Å². The third-order valence-electron chi connectivity index (χ3n) is 4.50. The Balaban J connectivity index is 2.03. The molecule has 6 nitrogen and oxygen atoms in total.